The number of nitrogens with zero attached hydrogens (tertiary/aromatic N) is 3. The number of hydrogen-bond acceptors (Lipinski definition) is 7. The zero-order valence-corrected chi connectivity index (χ0v) is 20.6. The molecule has 0 spiro atoms. The van der Waals surface area contributed by atoms with Gasteiger partial charge < -0.3 is 14.6 Å². The van der Waals surface area contributed by atoms with Gasteiger partial charge in [0.05, 0.1) is 24.7 Å². The average Bonchev–Trinajstić information content (AvgIpc) is 3.38. The summed E-state index contributed by atoms with van der Waals surface area (Å²) in [5, 5.41) is 2.18. The quantitative estimate of drug-likeness (QED) is 0.329. The van der Waals surface area contributed by atoms with Gasteiger partial charge in [0, 0.05) is 18.5 Å². The van der Waals surface area contributed by atoms with Crippen LogP contribution in [0, 0.1) is 5.82 Å². The van der Waals surface area contributed by atoms with Crippen LogP contribution in [0.25, 0.3) is 0 Å². The van der Waals surface area contributed by atoms with Crippen LogP contribution in [0.2, 0.25) is 0 Å². The molecule has 36 heavy (non-hydrogen) atoms. The van der Waals surface area contributed by atoms with E-state index in [0.29, 0.717) is 23.7 Å². The van der Waals surface area contributed by atoms with E-state index in [0.717, 1.165) is 18.2 Å². The maximum Gasteiger partial charge on any atom is 0.276 e. The molecule has 0 unspecified atom stereocenters. The highest BCUT2D eigenvalue weighted by Gasteiger charge is 2.24. The first kappa shape index (κ1) is 25.1. The van der Waals surface area contributed by atoms with Gasteiger partial charge in [0.1, 0.15) is 11.6 Å². The summed E-state index contributed by atoms with van der Waals surface area (Å²) in [6.45, 7) is 2.73. The number of halogens is 1. The fourth-order valence-electron chi connectivity index (χ4n) is 3.58. The van der Waals surface area contributed by atoms with Crippen molar-refractivity contribution < 1.29 is 22.0 Å². The van der Waals surface area contributed by atoms with E-state index in [1.54, 1.807) is 18.4 Å². The van der Waals surface area contributed by atoms with E-state index in [2.05, 4.69) is 22.2 Å². The smallest absolute Gasteiger partial charge is 0.276 e. The largest absolute Gasteiger partial charge is 0.467 e. The van der Waals surface area contributed by atoms with Crippen LogP contribution in [-0.4, -0.2) is 30.5 Å². The van der Waals surface area contributed by atoms with Gasteiger partial charge in [-0.2, -0.15) is 0 Å². The molecule has 2 aromatic heterocycles. The second kappa shape index (κ2) is 10.7. The first-order valence-corrected chi connectivity index (χ1v) is 13.1. The molecular formula is C26H25FN4O4S. The lowest BCUT2D eigenvalue weighted by Crippen LogP contribution is -2.27. The van der Waals surface area contributed by atoms with E-state index in [-0.39, 0.29) is 12.2 Å². The number of nitrogens with one attached hydrogen (secondary N) is 1. The predicted molar refractivity (Wildman–Crippen MR) is 134 cm³/mol. The molecule has 0 saturated heterocycles. The molecule has 0 bridgehead atoms. The molecule has 1 amide bonds. The molecule has 0 aliphatic carbocycles. The van der Waals surface area contributed by atoms with E-state index in [4.69, 9.17) is 4.42 Å². The monoisotopic (exact) mass is 508 g/mol. The van der Waals surface area contributed by atoms with Gasteiger partial charge in [0.25, 0.3) is 5.91 Å². The Hall–Kier alpha value is -4.05. The third-order valence-corrected chi connectivity index (χ3v) is 6.33. The Kier molecular flexibility index (Phi) is 7.44. The minimum absolute atomic E-state index is 0.133. The van der Waals surface area contributed by atoms with Crippen molar-refractivity contribution in [2.75, 3.05) is 16.5 Å². The predicted octanol–water partition coefficient (Wildman–Crippen LogP) is 4.63. The van der Waals surface area contributed by atoms with Crippen LogP contribution >= 0.6 is 0 Å². The SMILES string of the molecule is CCc1ccc(CN(Cc2ccco2)c2cnc(S(C)(=O)=O)nc2C(=O)Nc2ccc(F)cc2)cc1. The number of sulfone groups is 1. The second-order valence-electron chi connectivity index (χ2n) is 8.23. The third-order valence-electron chi connectivity index (χ3n) is 5.47. The van der Waals surface area contributed by atoms with Crippen molar-refractivity contribution in [3.05, 3.63) is 102 Å². The van der Waals surface area contributed by atoms with Crippen LogP contribution in [0.15, 0.2) is 82.7 Å². The second-order valence-corrected chi connectivity index (χ2v) is 10.1. The van der Waals surface area contributed by atoms with E-state index in [1.165, 1.54) is 36.0 Å². The van der Waals surface area contributed by atoms with Crippen molar-refractivity contribution in [1.29, 1.82) is 0 Å². The Morgan fingerprint density at radius 1 is 1.03 bits per heavy atom. The summed E-state index contributed by atoms with van der Waals surface area (Å²) in [4.78, 5) is 23.3. The van der Waals surface area contributed by atoms with Crippen LogP contribution in [0.3, 0.4) is 0 Å². The van der Waals surface area contributed by atoms with Gasteiger partial charge in [0.2, 0.25) is 15.0 Å². The van der Waals surface area contributed by atoms with Crippen molar-refractivity contribution in [3.8, 4) is 0 Å². The van der Waals surface area contributed by atoms with Gasteiger partial charge in [-0.15, -0.1) is 0 Å². The lowest BCUT2D eigenvalue weighted by molar-refractivity contribution is 0.102. The first-order chi connectivity index (χ1) is 17.2. The normalized spacial score (nSPS) is 11.3. The highest BCUT2D eigenvalue weighted by molar-refractivity contribution is 7.90. The molecule has 2 heterocycles. The summed E-state index contributed by atoms with van der Waals surface area (Å²) < 4.78 is 43.2. The number of amides is 1. The Morgan fingerprint density at radius 2 is 1.72 bits per heavy atom. The number of furan rings is 1. The molecule has 4 aromatic rings. The van der Waals surface area contributed by atoms with Crippen LogP contribution in [0.5, 0.6) is 0 Å². The Bertz CT molecular complexity index is 1440. The summed E-state index contributed by atoms with van der Waals surface area (Å²) in [7, 11) is -3.79. The van der Waals surface area contributed by atoms with Crippen molar-refractivity contribution >= 4 is 27.1 Å². The zero-order valence-electron chi connectivity index (χ0n) is 19.8. The van der Waals surface area contributed by atoms with Crippen LogP contribution in [0.4, 0.5) is 15.8 Å². The molecule has 0 saturated carbocycles. The van der Waals surface area contributed by atoms with Gasteiger partial charge in [-0.05, 0) is 53.9 Å². The third kappa shape index (κ3) is 6.14. The average molecular weight is 509 g/mol. The van der Waals surface area contributed by atoms with E-state index < -0.39 is 26.7 Å². The number of hydrogen-bond donors (Lipinski definition) is 1. The van der Waals surface area contributed by atoms with E-state index >= 15 is 0 Å². The molecule has 0 aliphatic heterocycles. The van der Waals surface area contributed by atoms with Crippen LogP contribution < -0.4 is 10.2 Å². The van der Waals surface area contributed by atoms with Crippen LogP contribution in [-0.2, 0) is 29.3 Å². The summed E-state index contributed by atoms with van der Waals surface area (Å²) in [5.41, 5.74) is 2.68. The Morgan fingerprint density at radius 3 is 2.33 bits per heavy atom. The fourth-order valence-corrected chi connectivity index (χ4v) is 4.08. The Balaban J connectivity index is 1.76. The molecule has 0 fully saturated rings. The van der Waals surface area contributed by atoms with E-state index in [1.807, 2.05) is 29.2 Å². The van der Waals surface area contributed by atoms with Gasteiger partial charge in [-0.1, -0.05) is 31.2 Å². The molecule has 1 N–H and O–H groups in total. The lowest BCUT2D eigenvalue weighted by Gasteiger charge is -2.25. The number of benzene rings is 2. The Labute approximate surface area is 208 Å². The number of carbonyl (C=O) groups excluding carboxylic acids is 1. The van der Waals surface area contributed by atoms with Gasteiger partial charge in [-0.25, -0.2) is 22.8 Å². The maximum atomic E-state index is 13.3. The van der Waals surface area contributed by atoms with Gasteiger partial charge >= 0.3 is 0 Å². The minimum Gasteiger partial charge on any atom is -0.467 e. The molecule has 4 rings (SSSR count). The molecule has 0 atom stereocenters. The van der Waals surface area contributed by atoms with Gasteiger partial charge in [-0.3, -0.25) is 4.79 Å². The number of aryl methyl sites for hydroxylation is 1. The summed E-state index contributed by atoms with van der Waals surface area (Å²) in [5.74, 6) is -0.472. The van der Waals surface area contributed by atoms with E-state index in [9.17, 15) is 17.6 Å². The number of rotatable bonds is 9. The topological polar surface area (TPSA) is 105 Å². The highest BCUT2D eigenvalue weighted by Crippen LogP contribution is 2.25. The van der Waals surface area contributed by atoms with Crippen molar-refractivity contribution in [2.24, 2.45) is 0 Å². The van der Waals surface area contributed by atoms with Crippen LogP contribution in [0.1, 0.15) is 34.3 Å². The lowest BCUT2D eigenvalue weighted by atomic mass is 10.1. The molecular weight excluding hydrogens is 483 g/mol. The molecule has 10 heteroatoms. The van der Waals surface area contributed by atoms with Crippen molar-refractivity contribution in [2.45, 2.75) is 31.6 Å². The summed E-state index contributed by atoms with van der Waals surface area (Å²) >= 11 is 0. The van der Waals surface area contributed by atoms with Gasteiger partial charge in [0.15, 0.2) is 5.69 Å². The molecule has 186 valence electrons. The number of anilines is 2. The number of carbonyl (C=O) groups is 1. The van der Waals surface area contributed by atoms with Crippen molar-refractivity contribution in [3.63, 3.8) is 0 Å². The number of aromatic nitrogens is 2. The maximum absolute atomic E-state index is 13.3. The standard InChI is InChI=1S/C26H25FN4O4S/c1-3-18-6-8-19(9-7-18)16-31(17-22-5-4-14-35-22)23-15-28-26(36(2,33)34)30-24(23)25(32)29-21-12-10-20(27)11-13-21/h4-15H,3,16-17H2,1-2H3,(H,29,32). The molecule has 0 radical (unpaired) electrons. The highest BCUT2D eigenvalue weighted by atomic mass is 32.2. The summed E-state index contributed by atoms with van der Waals surface area (Å²) in [6.07, 6.45) is 4.76. The molecule has 8 nitrogen and oxygen atoms in total. The molecule has 2 aromatic carbocycles. The van der Waals surface area contributed by atoms with Crippen molar-refractivity contribution in [1.82, 2.24) is 9.97 Å². The minimum atomic E-state index is -3.79. The molecule has 0 aliphatic rings. The first-order valence-electron chi connectivity index (χ1n) is 11.2. The zero-order chi connectivity index (χ0) is 25.7. The fraction of sp³-hybridized carbons (Fsp3) is 0.192. The summed E-state index contributed by atoms with van der Waals surface area (Å²) in [6, 6.07) is 16.9.